The first-order valence-electron chi connectivity index (χ1n) is 7.94. The van der Waals surface area contributed by atoms with Gasteiger partial charge in [0.1, 0.15) is 11.7 Å². The zero-order valence-corrected chi connectivity index (χ0v) is 15.0. The summed E-state index contributed by atoms with van der Waals surface area (Å²) in [6.45, 7) is 2.72. The van der Waals surface area contributed by atoms with E-state index in [1.165, 1.54) is 19.9 Å². The third-order valence-corrected chi connectivity index (χ3v) is 4.07. The summed E-state index contributed by atoms with van der Waals surface area (Å²) < 4.78 is 73.8. The fourth-order valence-corrected chi connectivity index (χ4v) is 3.02. The molecule has 1 aromatic rings. The maximum Gasteiger partial charge on any atom is 0.433 e. The highest BCUT2D eigenvalue weighted by atomic mass is 19.4. The molecule has 2 N–H and O–H groups in total. The molecule has 2 rings (SSSR count). The van der Waals surface area contributed by atoms with Crippen molar-refractivity contribution in [2.24, 2.45) is 11.8 Å². The summed E-state index contributed by atoms with van der Waals surface area (Å²) in [6, 6.07) is -1.16. The Labute approximate surface area is 156 Å². The highest BCUT2D eigenvalue weighted by Crippen LogP contribution is 2.43. The Morgan fingerprint density at radius 3 is 2.29 bits per heavy atom. The van der Waals surface area contributed by atoms with Gasteiger partial charge in [-0.2, -0.15) is 18.3 Å². The van der Waals surface area contributed by atoms with Gasteiger partial charge in [0.2, 0.25) is 0 Å². The molecule has 7 nitrogen and oxygen atoms in total. The van der Waals surface area contributed by atoms with E-state index in [1.807, 2.05) is 0 Å². The Kier molecular flexibility index (Phi) is 5.92. The Balaban J connectivity index is 2.96. The SMILES string of the molecule is COC(=O)C1=C(C(C)C)C(C(=O)n2cccn2)=C(C(F)(F)F)N(N)C1C(F)F. The number of carbonyl (C=O) groups is 2. The van der Waals surface area contributed by atoms with E-state index in [2.05, 4.69) is 9.84 Å². The van der Waals surface area contributed by atoms with Crippen molar-refractivity contribution in [2.45, 2.75) is 32.5 Å². The molecule has 0 spiro atoms. The number of halogens is 5. The number of carbonyl (C=O) groups excluding carboxylic acids is 2. The molecule has 12 heteroatoms. The summed E-state index contributed by atoms with van der Waals surface area (Å²) in [6.07, 6.45) is -6.50. The first-order chi connectivity index (χ1) is 12.9. The van der Waals surface area contributed by atoms with Crippen LogP contribution < -0.4 is 5.84 Å². The van der Waals surface area contributed by atoms with Crippen molar-refractivity contribution >= 4 is 11.9 Å². The standard InChI is InChI=1S/C16H17F5N4O3/c1-7(2)8-9(15(27)28-3)11(13(17)18)25(22)12(16(19,20)21)10(8)14(26)24-6-4-5-23-24/h4-7,11,13H,22H2,1-3H3. The van der Waals surface area contributed by atoms with Crippen molar-refractivity contribution in [1.82, 2.24) is 14.8 Å². The van der Waals surface area contributed by atoms with Crippen LogP contribution in [0.25, 0.3) is 0 Å². The van der Waals surface area contributed by atoms with Crippen LogP contribution in [0, 0.1) is 5.92 Å². The normalized spacial score (nSPS) is 18.4. The minimum absolute atomic E-state index is 0.292. The molecule has 1 atom stereocenters. The minimum Gasteiger partial charge on any atom is -0.466 e. The molecular weight excluding hydrogens is 391 g/mol. The van der Waals surface area contributed by atoms with E-state index < -0.39 is 58.9 Å². The molecule has 0 saturated heterocycles. The van der Waals surface area contributed by atoms with Gasteiger partial charge in [0, 0.05) is 12.4 Å². The lowest BCUT2D eigenvalue weighted by Crippen LogP contribution is -2.54. The number of esters is 1. The lowest BCUT2D eigenvalue weighted by molar-refractivity contribution is -0.141. The highest BCUT2D eigenvalue weighted by Gasteiger charge is 2.52. The van der Waals surface area contributed by atoms with Crippen molar-refractivity contribution in [3.05, 3.63) is 40.9 Å². The number of rotatable bonds is 4. The second kappa shape index (κ2) is 7.70. The molecule has 2 heterocycles. The molecule has 1 aromatic heterocycles. The molecule has 154 valence electrons. The fraction of sp³-hybridized carbons (Fsp3) is 0.438. The van der Waals surface area contributed by atoms with E-state index in [9.17, 15) is 31.5 Å². The molecule has 1 unspecified atom stereocenters. The van der Waals surface area contributed by atoms with Gasteiger partial charge >= 0.3 is 12.1 Å². The van der Waals surface area contributed by atoms with Gasteiger partial charge in [0.25, 0.3) is 12.3 Å². The third-order valence-electron chi connectivity index (χ3n) is 4.07. The molecule has 0 aromatic carbocycles. The van der Waals surface area contributed by atoms with E-state index in [4.69, 9.17) is 5.84 Å². The monoisotopic (exact) mass is 408 g/mol. The number of alkyl halides is 5. The minimum atomic E-state index is -5.26. The summed E-state index contributed by atoms with van der Waals surface area (Å²) in [5.74, 6) is 1.89. The summed E-state index contributed by atoms with van der Waals surface area (Å²) in [5.41, 5.74) is -4.15. The van der Waals surface area contributed by atoms with Gasteiger partial charge in [-0.25, -0.2) is 24.1 Å². The lowest BCUT2D eigenvalue weighted by Gasteiger charge is -2.39. The summed E-state index contributed by atoms with van der Waals surface area (Å²) in [4.78, 5) is 25.0. The summed E-state index contributed by atoms with van der Waals surface area (Å²) in [7, 11) is 0.884. The van der Waals surface area contributed by atoms with Gasteiger partial charge in [0.15, 0.2) is 0 Å². The lowest BCUT2D eigenvalue weighted by atomic mass is 9.82. The molecule has 1 aliphatic heterocycles. The largest absolute Gasteiger partial charge is 0.466 e. The Hall–Kier alpha value is -2.76. The first kappa shape index (κ1) is 21.5. The van der Waals surface area contributed by atoms with Crippen molar-refractivity contribution in [2.75, 3.05) is 7.11 Å². The quantitative estimate of drug-likeness (QED) is 0.467. The van der Waals surface area contributed by atoms with Crippen LogP contribution in [0.1, 0.15) is 18.6 Å². The number of nitrogens with zero attached hydrogens (tertiary/aromatic N) is 3. The van der Waals surface area contributed by atoms with E-state index >= 15 is 0 Å². The van der Waals surface area contributed by atoms with Gasteiger partial charge in [0.05, 0.1) is 18.3 Å². The van der Waals surface area contributed by atoms with Crippen LogP contribution in [0.2, 0.25) is 0 Å². The van der Waals surface area contributed by atoms with Crippen molar-refractivity contribution in [1.29, 1.82) is 0 Å². The summed E-state index contributed by atoms with van der Waals surface area (Å²) >= 11 is 0. The van der Waals surface area contributed by atoms with E-state index in [-0.39, 0.29) is 5.01 Å². The highest BCUT2D eigenvalue weighted by molar-refractivity contribution is 6.04. The Bertz CT molecular complexity index is 828. The zero-order valence-electron chi connectivity index (χ0n) is 15.0. The molecule has 0 aliphatic carbocycles. The van der Waals surface area contributed by atoms with Crippen LogP contribution in [-0.4, -0.2) is 52.4 Å². The van der Waals surface area contributed by atoms with Crippen LogP contribution >= 0.6 is 0 Å². The number of hydrogen-bond acceptors (Lipinski definition) is 6. The molecular formula is C16H17F5N4O3. The van der Waals surface area contributed by atoms with Crippen LogP contribution in [-0.2, 0) is 9.53 Å². The van der Waals surface area contributed by atoms with Gasteiger partial charge in [-0.3, -0.25) is 9.80 Å². The molecule has 0 fully saturated rings. The van der Waals surface area contributed by atoms with Crippen LogP contribution in [0.5, 0.6) is 0 Å². The molecule has 28 heavy (non-hydrogen) atoms. The first-order valence-corrected chi connectivity index (χ1v) is 7.94. The van der Waals surface area contributed by atoms with Crippen molar-refractivity contribution in [3.8, 4) is 0 Å². The fourth-order valence-electron chi connectivity index (χ4n) is 3.02. The third kappa shape index (κ3) is 3.63. The number of hydrazine groups is 1. The topological polar surface area (TPSA) is 90.5 Å². The molecule has 0 saturated carbocycles. The number of nitrogens with two attached hydrogens (primary N) is 1. The second-order valence-electron chi connectivity index (χ2n) is 6.14. The van der Waals surface area contributed by atoms with E-state index in [1.54, 1.807) is 0 Å². The van der Waals surface area contributed by atoms with Crippen LogP contribution in [0.4, 0.5) is 22.0 Å². The van der Waals surface area contributed by atoms with E-state index in [0.717, 1.165) is 19.5 Å². The van der Waals surface area contributed by atoms with Crippen LogP contribution in [0.15, 0.2) is 40.9 Å². The summed E-state index contributed by atoms with van der Waals surface area (Å²) in [5, 5.41) is 3.30. The number of aromatic nitrogens is 2. The average molecular weight is 408 g/mol. The van der Waals surface area contributed by atoms with E-state index in [0.29, 0.717) is 4.68 Å². The average Bonchev–Trinajstić information content (AvgIpc) is 3.11. The van der Waals surface area contributed by atoms with Crippen molar-refractivity contribution < 1.29 is 36.3 Å². The van der Waals surface area contributed by atoms with Gasteiger partial charge in [-0.15, -0.1) is 0 Å². The maximum atomic E-state index is 13.8. The Morgan fingerprint density at radius 1 is 1.29 bits per heavy atom. The Morgan fingerprint density at radius 2 is 1.89 bits per heavy atom. The maximum absolute atomic E-state index is 13.8. The predicted octanol–water partition coefficient (Wildman–Crippen LogP) is 2.29. The molecule has 0 amide bonds. The second-order valence-corrected chi connectivity index (χ2v) is 6.14. The van der Waals surface area contributed by atoms with Gasteiger partial charge < -0.3 is 4.74 Å². The smallest absolute Gasteiger partial charge is 0.433 e. The predicted molar refractivity (Wildman–Crippen MR) is 85.6 cm³/mol. The van der Waals surface area contributed by atoms with Crippen LogP contribution in [0.3, 0.4) is 0 Å². The number of allylic oxidation sites excluding steroid dienone is 3. The zero-order chi connectivity index (χ0) is 21.4. The number of ether oxygens (including phenoxy) is 1. The van der Waals surface area contributed by atoms with Gasteiger partial charge in [-0.1, -0.05) is 13.8 Å². The molecule has 1 aliphatic rings. The van der Waals surface area contributed by atoms with Gasteiger partial charge in [-0.05, 0) is 17.6 Å². The number of hydrogen-bond donors (Lipinski definition) is 1. The molecule has 0 bridgehead atoms. The number of methoxy groups -OCH3 is 1. The van der Waals surface area contributed by atoms with Crippen molar-refractivity contribution in [3.63, 3.8) is 0 Å². The molecule has 0 radical (unpaired) electrons.